The number of benzene rings is 1. The van der Waals surface area contributed by atoms with Crippen molar-refractivity contribution in [3.63, 3.8) is 0 Å². The fourth-order valence-electron chi connectivity index (χ4n) is 1.95. The van der Waals surface area contributed by atoms with Gasteiger partial charge in [-0.1, -0.05) is 5.16 Å². The van der Waals surface area contributed by atoms with E-state index in [0.29, 0.717) is 23.2 Å². The minimum Gasteiger partial charge on any atom is -0.483 e. The number of aliphatic hydroxyl groups excluding tert-OH is 1. The monoisotopic (exact) mass is 278 g/mol. The zero-order valence-corrected chi connectivity index (χ0v) is 11.0. The molecule has 1 aromatic heterocycles. The molecule has 20 heavy (non-hydrogen) atoms. The molecule has 1 fully saturated rings. The number of halogens is 1. The minimum absolute atomic E-state index is 0.0584. The molecule has 0 aliphatic heterocycles. The fraction of sp³-hybridized carbons (Fsp3) is 0.429. The smallest absolute Gasteiger partial charge is 0.264 e. The molecular weight excluding hydrogens is 263 g/mol. The molecule has 1 saturated carbocycles. The first-order valence-corrected chi connectivity index (χ1v) is 6.56. The third-order valence-electron chi connectivity index (χ3n) is 3.20. The fourth-order valence-corrected chi connectivity index (χ4v) is 1.95. The summed E-state index contributed by atoms with van der Waals surface area (Å²) in [7, 11) is 0. The molecule has 1 aliphatic carbocycles. The van der Waals surface area contributed by atoms with Gasteiger partial charge in [-0.3, -0.25) is 0 Å². The van der Waals surface area contributed by atoms with E-state index in [1.165, 1.54) is 18.2 Å². The van der Waals surface area contributed by atoms with E-state index >= 15 is 0 Å². The standard InChI is InChI=1S/C14H15FN2O3/c1-8(18)11-5-4-10(15)6-12(11)19-7-13-16-14(17-20-13)9-2-3-9/h4-6,8-9,18H,2-3,7H2,1H3/t8-/m0/s1. The van der Waals surface area contributed by atoms with Gasteiger partial charge in [-0.05, 0) is 31.9 Å². The largest absolute Gasteiger partial charge is 0.483 e. The van der Waals surface area contributed by atoms with Crippen molar-refractivity contribution in [1.29, 1.82) is 0 Å². The lowest BCUT2D eigenvalue weighted by atomic mass is 10.1. The van der Waals surface area contributed by atoms with Crippen LogP contribution in [0, 0.1) is 5.82 Å². The van der Waals surface area contributed by atoms with Gasteiger partial charge in [0, 0.05) is 17.5 Å². The summed E-state index contributed by atoms with van der Waals surface area (Å²) in [6.45, 7) is 1.65. The van der Waals surface area contributed by atoms with Crippen LogP contribution in [0.4, 0.5) is 4.39 Å². The first kappa shape index (κ1) is 13.1. The Morgan fingerprint density at radius 2 is 2.30 bits per heavy atom. The van der Waals surface area contributed by atoms with Gasteiger partial charge in [-0.2, -0.15) is 4.98 Å². The van der Waals surface area contributed by atoms with Gasteiger partial charge in [0.25, 0.3) is 5.89 Å². The second-order valence-corrected chi connectivity index (χ2v) is 4.97. The predicted octanol–water partition coefficient (Wildman–Crippen LogP) is 2.72. The molecule has 0 amide bonds. The third-order valence-corrected chi connectivity index (χ3v) is 3.20. The van der Waals surface area contributed by atoms with Crippen molar-refractivity contribution in [2.45, 2.75) is 38.4 Å². The van der Waals surface area contributed by atoms with Crippen LogP contribution in [-0.2, 0) is 6.61 Å². The molecule has 0 radical (unpaired) electrons. The molecule has 6 heteroatoms. The van der Waals surface area contributed by atoms with Crippen LogP contribution in [0.5, 0.6) is 5.75 Å². The summed E-state index contributed by atoms with van der Waals surface area (Å²) < 4.78 is 23.8. The van der Waals surface area contributed by atoms with E-state index in [4.69, 9.17) is 9.26 Å². The molecule has 2 aromatic rings. The molecule has 0 saturated heterocycles. The van der Waals surface area contributed by atoms with Crippen molar-refractivity contribution in [3.05, 3.63) is 41.3 Å². The van der Waals surface area contributed by atoms with E-state index in [9.17, 15) is 9.50 Å². The van der Waals surface area contributed by atoms with Gasteiger partial charge >= 0.3 is 0 Å². The highest BCUT2D eigenvalue weighted by Crippen LogP contribution is 2.38. The Morgan fingerprint density at radius 1 is 1.50 bits per heavy atom. The SMILES string of the molecule is C[C@H](O)c1ccc(F)cc1OCc1nc(C2CC2)no1. The summed E-state index contributed by atoms with van der Waals surface area (Å²) in [6.07, 6.45) is 1.45. The summed E-state index contributed by atoms with van der Waals surface area (Å²) in [5.74, 6) is 1.33. The number of aromatic nitrogens is 2. The normalized spacial score (nSPS) is 16.1. The van der Waals surface area contributed by atoms with Crippen LogP contribution in [0.1, 0.15) is 49.1 Å². The second kappa shape index (κ2) is 5.20. The molecule has 5 nitrogen and oxygen atoms in total. The maximum atomic E-state index is 13.2. The summed E-state index contributed by atoms with van der Waals surface area (Å²) in [5, 5.41) is 13.5. The topological polar surface area (TPSA) is 68.4 Å². The molecule has 3 rings (SSSR count). The van der Waals surface area contributed by atoms with E-state index in [1.807, 2.05) is 0 Å². The second-order valence-electron chi connectivity index (χ2n) is 4.97. The van der Waals surface area contributed by atoms with Crippen molar-refractivity contribution in [1.82, 2.24) is 10.1 Å². The van der Waals surface area contributed by atoms with E-state index in [1.54, 1.807) is 6.92 Å². The van der Waals surface area contributed by atoms with Crippen molar-refractivity contribution < 1.29 is 18.8 Å². The Balaban J connectivity index is 1.71. The molecule has 1 N–H and O–H groups in total. The average Bonchev–Trinajstić information content (AvgIpc) is 3.15. The number of hydrogen-bond acceptors (Lipinski definition) is 5. The van der Waals surface area contributed by atoms with E-state index in [2.05, 4.69) is 10.1 Å². The lowest BCUT2D eigenvalue weighted by Crippen LogP contribution is -2.02. The van der Waals surface area contributed by atoms with Crippen molar-refractivity contribution >= 4 is 0 Å². The first-order chi connectivity index (χ1) is 9.63. The van der Waals surface area contributed by atoms with Gasteiger partial charge < -0.3 is 14.4 Å². The van der Waals surface area contributed by atoms with Gasteiger partial charge in [0.1, 0.15) is 11.6 Å². The summed E-state index contributed by atoms with van der Waals surface area (Å²) in [4.78, 5) is 4.23. The van der Waals surface area contributed by atoms with Gasteiger partial charge in [-0.15, -0.1) is 0 Å². The molecule has 106 valence electrons. The summed E-state index contributed by atoms with van der Waals surface area (Å²) in [5.41, 5.74) is 0.522. The van der Waals surface area contributed by atoms with Gasteiger partial charge in [0.2, 0.25) is 0 Å². The van der Waals surface area contributed by atoms with E-state index in [0.717, 1.165) is 12.8 Å². The highest BCUT2D eigenvalue weighted by atomic mass is 19.1. The first-order valence-electron chi connectivity index (χ1n) is 6.56. The van der Waals surface area contributed by atoms with E-state index < -0.39 is 11.9 Å². The summed E-state index contributed by atoms with van der Waals surface area (Å²) >= 11 is 0. The Bertz CT molecular complexity index is 608. The lowest BCUT2D eigenvalue weighted by molar-refractivity contribution is 0.185. The molecular formula is C14H15FN2O3. The highest BCUT2D eigenvalue weighted by molar-refractivity contribution is 5.35. The van der Waals surface area contributed by atoms with Crippen molar-refractivity contribution in [2.24, 2.45) is 0 Å². The van der Waals surface area contributed by atoms with Crippen LogP contribution in [0.3, 0.4) is 0 Å². The number of ether oxygens (including phenoxy) is 1. The third kappa shape index (κ3) is 2.80. The van der Waals surface area contributed by atoms with E-state index in [-0.39, 0.29) is 12.4 Å². The Labute approximate surface area is 115 Å². The van der Waals surface area contributed by atoms with Crippen LogP contribution < -0.4 is 4.74 Å². The van der Waals surface area contributed by atoms with Crippen molar-refractivity contribution in [2.75, 3.05) is 0 Å². The Morgan fingerprint density at radius 3 is 3.00 bits per heavy atom. The Hall–Kier alpha value is -1.95. The number of nitrogens with zero attached hydrogens (tertiary/aromatic N) is 2. The Kier molecular flexibility index (Phi) is 3.40. The van der Waals surface area contributed by atoms with Crippen LogP contribution in [0.25, 0.3) is 0 Å². The quantitative estimate of drug-likeness (QED) is 0.910. The molecule has 1 atom stereocenters. The molecule has 0 unspecified atom stereocenters. The van der Waals surface area contributed by atoms with Crippen molar-refractivity contribution in [3.8, 4) is 5.75 Å². The maximum absolute atomic E-state index is 13.2. The van der Waals surface area contributed by atoms with Gasteiger partial charge in [-0.25, -0.2) is 4.39 Å². The molecule has 0 bridgehead atoms. The summed E-state index contributed by atoms with van der Waals surface area (Å²) in [6, 6.07) is 4.02. The van der Waals surface area contributed by atoms with Crippen LogP contribution in [0.2, 0.25) is 0 Å². The maximum Gasteiger partial charge on any atom is 0.264 e. The lowest BCUT2D eigenvalue weighted by Gasteiger charge is -2.12. The van der Waals surface area contributed by atoms with Crippen LogP contribution in [-0.4, -0.2) is 15.2 Å². The number of aliphatic hydroxyl groups is 1. The highest BCUT2D eigenvalue weighted by Gasteiger charge is 2.28. The number of rotatable bonds is 5. The molecule has 0 spiro atoms. The molecule has 1 aliphatic rings. The van der Waals surface area contributed by atoms with Gasteiger partial charge in [0.15, 0.2) is 12.4 Å². The average molecular weight is 278 g/mol. The van der Waals surface area contributed by atoms with Crippen LogP contribution in [0.15, 0.2) is 22.7 Å². The zero-order chi connectivity index (χ0) is 14.1. The minimum atomic E-state index is -0.740. The number of hydrogen-bond donors (Lipinski definition) is 1. The predicted molar refractivity (Wildman–Crippen MR) is 67.6 cm³/mol. The molecule has 1 aromatic carbocycles. The zero-order valence-electron chi connectivity index (χ0n) is 11.0. The molecule has 1 heterocycles. The van der Waals surface area contributed by atoms with Gasteiger partial charge in [0.05, 0.1) is 6.10 Å². The van der Waals surface area contributed by atoms with Crippen LogP contribution >= 0.6 is 0 Å².